The lowest BCUT2D eigenvalue weighted by atomic mass is 10.2. The van der Waals surface area contributed by atoms with Gasteiger partial charge in [-0.3, -0.25) is 15.5 Å². The average molecular weight is 380 g/mol. The molecular formula is C18H12N4O4S. The van der Waals surface area contributed by atoms with Gasteiger partial charge in [0.1, 0.15) is 16.3 Å². The fourth-order valence-corrected chi connectivity index (χ4v) is 3.33. The molecule has 0 aliphatic rings. The van der Waals surface area contributed by atoms with Gasteiger partial charge in [0.05, 0.1) is 29.2 Å². The second-order valence-corrected chi connectivity index (χ2v) is 6.34. The maximum absolute atomic E-state index is 11.1. The van der Waals surface area contributed by atoms with Gasteiger partial charge in [0.15, 0.2) is 5.76 Å². The molecule has 3 heterocycles. The van der Waals surface area contributed by atoms with Crippen molar-refractivity contribution in [2.75, 3.05) is 5.43 Å². The summed E-state index contributed by atoms with van der Waals surface area (Å²) in [5.74, 6) is 1.27. The molecule has 0 radical (unpaired) electrons. The van der Waals surface area contributed by atoms with Crippen molar-refractivity contribution in [3.05, 3.63) is 76.7 Å². The number of aromatic nitrogens is 1. The quantitative estimate of drug-likeness (QED) is 0.286. The van der Waals surface area contributed by atoms with Crippen LogP contribution in [0.2, 0.25) is 0 Å². The maximum Gasteiger partial charge on any atom is 0.278 e. The molecule has 3 aromatic heterocycles. The monoisotopic (exact) mass is 380 g/mol. The molecular weight excluding hydrogens is 368 g/mol. The minimum absolute atomic E-state index is 0.0188. The Hall–Kier alpha value is -3.72. The second-order valence-electron chi connectivity index (χ2n) is 5.34. The van der Waals surface area contributed by atoms with Gasteiger partial charge in [0, 0.05) is 6.07 Å². The van der Waals surface area contributed by atoms with Gasteiger partial charge in [0.2, 0.25) is 5.13 Å². The molecule has 0 aliphatic heterocycles. The Kier molecular flexibility index (Phi) is 4.50. The average Bonchev–Trinajstić information content (AvgIpc) is 3.42. The molecule has 0 atom stereocenters. The number of nitro groups is 1. The largest absolute Gasteiger partial charge is 0.463 e. The van der Waals surface area contributed by atoms with Crippen LogP contribution in [0.1, 0.15) is 5.56 Å². The Morgan fingerprint density at radius 3 is 2.52 bits per heavy atom. The predicted octanol–water partition coefficient (Wildman–Crippen LogP) is 5.02. The van der Waals surface area contributed by atoms with Crippen LogP contribution in [0.3, 0.4) is 0 Å². The van der Waals surface area contributed by atoms with Gasteiger partial charge in [-0.05, 0) is 30.3 Å². The van der Waals surface area contributed by atoms with Gasteiger partial charge >= 0.3 is 0 Å². The molecule has 27 heavy (non-hydrogen) atoms. The maximum atomic E-state index is 11.1. The first-order valence-electron chi connectivity index (χ1n) is 7.83. The van der Waals surface area contributed by atoms with Crippen LogP contribution >= 0.6 is 11.3 Å². The third-order valence-electron chi connectivity index (χ3n) is 3.62. The van der Waals surface area contributed by atoms with Crippen LogP contribution in [0.4, 0.5) is 10.8 Å². The summed E-state index contributed by atoms with van der Waals surface area (Å²) in [5.41, 5.74) is 3.82. The van der Waals surface area contributed by atoms with Crippen LogP contribution in [0.15, 0.2) is 75.0 Å². The Morgan fingerprint density at radius 1 is 1.07 bits per heavy atom. The number of para-hydroxylation sites is 1. The van der Waals surface area contributed by atoms with E-state index < -0.39 is 4.92 Å². The van der Waals surface area contributed by atoms with Crippen molar-refractivity contribution in [1.29, 1.82) is 0 Å². The molecule has 0 aliphatic carbocycles. The number of anilines is 1. The van der Waals surface area contributed by atoms with Gasteiger partial charge < -0.3 is 8.83 Å². The van der Waals surface area contributed by atoms with E-state index in [1.54, 1.807) is 42.9 Å². The molecule has 0 unspecified atom stereocenters. The minimum Gasteiger partial charge on any atom is -0.463 e. The molecule has 134 valence electrons. The summed E-state index contributed by atoms with van der Waals surface area (Å²) in [6.45, 7) is 0. The SMILES string of the molecule is O=[N+]([O-])c1ccccc1/C=N/Nc1nc(-c2ccco2)c(-c2ccco2)s1. The van der Waals surface area contributed by atoms with Gasteiger partial charge in [-0.25, -0.2) is 4.98 Å². The van der Waals surface area contributed by atoms with Crippen molar-refractivity contribution in [3.63, 3.8) is 0 Å². The zero-order valence-electron chi connectivity index (χ0n) is 13.7. The summed E-state index contributed by atoms with van der Waals surface area (Å²) >= 11 is 1.34. The molecule has 1 aromatic carbocycles. The van der Waals surface area contributed by atoms with Gasteiger partial charge in [-0.1, -0.05) is 23.5 Å². The number of nitrogens with one attached hydrogen (secondary N) is 1. The third-order valence-corrected chi connectivity index (χ3v) is 4.60. The van der Waals surface area contributed by atoms with Crippen LogP contribution < -0.4 is 5.43 Å². The zero-order chi connectivity index (χ0) is 18.6. The molecule has 0 fully saturated rings. The topological polar surface area (TPSA) is 107 Å². The molecule has 4 rings (SSSR count). The van der Waals surface area contributed by atoms with Crippen LogP contribution in [-0.4, -0.2) is 16.1 Å². The predicted molar refractivity (Wildman–Crippen MR) is 102 cm³/mol. The number of hydrogen-bond donors (Lipinski definition) is 1. The van der Waals surface area contributed by atoms with Crippen molar-refractivity contribution in [2.24, 2.45) is 5.10 Å². The fraction of sp³-hybridized carbons (Fsp3) is 0. The van der Waals surface area contributed by atoms with E-state index in [4.69, 9.17) is 8.83 Å². The van der Waals surface area contributed by atoms with Crippen LogP contribution in [-0.2, 0) is 0 Å². The number of furan rings is 2. The van der Waals surface area contributed by atoms with Crippen molar-refractivity contribution < 1.29 is 13.8 Å². The summed E-state index contributed by atoms with van der Waals surface area (Å²) < 4.78 is 10.9. The van der Waals surface area contributed by atoms with Crippen LogP contribution in [0.25, 0.3) is 22.1 Å². The summed E-state index contributed by atoms with van der Waals surface area (Å²) in [5, 5.41) is 15.6. The van der Waals surface area contributed by atoms with Crippen LogP contribution in [0, 0.1) is 10.1 Å². The molecule has 0 saturated carbocycles. The highest BCUT2D eigenvalue weighted by molar-refractivity contribution is 7.19. The Balaban J connectivity index is 1.62. The summed E-state index contributed by atoms with van der Waals surface area (Å²) in [6.07, 6.45) is 4.54. The van der Waals surface area contributed by atoms with Gasteiger partial charge in [-0.15, -0.1) is 0 Å². The summed E-state index contributed by atoms with van der Waals surface area (Å²) in [6, 6.07) is 13.6. The fourth-order valence-electron chi connectivity index (χ4n) is 2.44. The number of thiazole rings is 1. The van der Waals surface area contributed by atoms with Crippen molar-refractivity contribution >= 4 is 28.4 Å². The zero-order valence-corrected chi connectivity index (χ0v) is 14.6. The van der Waals surface area contributed by atoms with Crippen molar-refractivity contribution in [1.82, 2.24) is 4.98 Å². The second kappa shape index (κ2) is 7.26. The van der Waals surface area contributed by atoms with E-state index in [2.05, 4.69) is 15.5 Å². The van der Waals surface area contributed by atoms with E-state index in [-0.39, 0.29) is 5.69 Å². The number of benzene rings is 1. The number of nitrogens with zero attached hydrogens (tertiary/aromatic N) is 3. The van der Waals surface area contributed by atoms with Gasteiger partial charge in [0.25, 0.3) is 5.69 Å². The molecule has 4 aromatic rings. The number of hydrazone groups is 1. The van der Waals surface area contributed by atoms with Crippen molar-refractivity contribution in [2.45, 2.75) is 0 Å². The minimum atomic E-state index is -0.450. The highest BCUT2D eigenvalue weighted by atomic mass is 32.1. The Labute approximate surface area is 156 Å². The molecule has 0 spiro atoms. The Bertz CT molecular complexity index is 1030. The van der Waals surface area contributed by atoms with E-state index in [9.17, 15) is 10.1 Å². The van der Waals surface area contributed by atoms with Crippen LogP contribution in [0.5, 0.6) is 0 Å². The number of hydrogen-bond acceptors (Lipinski definition) is 8. The lowest BCUT2D eigenvalue weighted by Gasteiger charge is -1.96. The lowest BCUT2D eigenvalue weighted by Crippen LogP contribution is -1.96. The van der Waals surface area contributed by atoms with E-state index in [1.807, 2.05) is 12.1 Å². The highest BCUT2D eigenvalue weighted by Gasteiger charge is 2.18. The smallest absolute Gasteiger partial charge is 0.278 e. The first-order valence-corrected chi connectivity index (χ1v) is 8.65. The molecule has 0 saturated heterocycles. The third kappa shape index (κ3) is 3.48. The van der Waals surface area contributed by atoms with E-state index in [0.717, 1.165) is 4.88 Å². The van der Waals surface area contributed by atoms with Crippen molar-refractivity contribution in [3.8, 4) is 22.1 Å². The molecule has 8 nitrogen and oxygen atoms in total. The van der Waals surface area contributed by atoms with Gasteiger partial charge in [-0.2, -0.15) is 5.10 Å². The van der Waals surface area contributed by atoms with E-state index in [0.29, 0.717) is 27.9 Å². The summed E-state index contributed by atoms with van der Waals surface area (Å²) in [4.78, 5) is 15.9. The molecule has 1 N–H and O–H groups in total. The first kappa shape index (κ1) is 16.7. The highest BCUT2D eigenvalue weighted by Crippen LogP contribution is 2.39. The molecule has 9 heteroatoms. The normalized spacial score (nSPS) is 11.1. The summed E-state index contributed by atoms with van der Waals surface area (Å²) in [7, 11) is 0. The number of rotatable bonds is 6. The molecule has 0 amide bonds. The molecule has 0 bridgehead atoms. The van der Waals surface area contributed by atoms with E-state index in [1.165, 1.54) is 23.6 Å². The first-order chi connectivity index (χ1) is 13.2. The number of nitro benzene ring substituents is 1. The Morgan fingerprint density at radius 2 is 1.81 bits per heavy atom. The van der Waals surface area contributed by atoms with E-state index >= 15 is 0 Å². The lowest BCUT2D eigenvalue weighted by molar-refractivity contribution is -0.385. The standard InChI is InChI=1S/C18H12N4O4S/c23-22(24)13-6-2-1-5-12(13)11-19-21-18-20-16(14-7-3-9-25-14)17(27-18)15-8-4-10-26-15/h1-11H,(H,20,21)/b19-11+.